The molecule has 3 aromatic carbocycles. The van der Waals surface area contributed by atoms with Gasteiger partial charge in [-0.1, -0.05) is 79.0 Å². The summed E-state index contributed by atoms with van der Waals surface area (Å²) in [6.45, 7) is 7.16. The monoisotopic (exact) mass is 524 g/mol. The Morgan fingerprint density at radius 1 is 1.03 bits per heavy atom. The van der Waals surface area contributed by atoms with Crippen LogP contribution in [0.1, 0.15) is 30.5 Å². The van der Waals surface area contributed by atoms with E-state index in [4.69, 9.17) is 32.9 Å². The van der Waals surface area contributed by atoms with Gasteiger partial charge < -0.3 is 4.74 Å². The van der Waals surface area contributed by atoms with E-state index in [2.05, 4.69) is 13.8 Å². The smallest absolute Gasteiger partial charge is 0.266 e. The van der Waals surface area contributed by atoms with E-state index in [9.17, 15) is 4.79 Å². The number of carbonyl (C=O) groups is 1. The zero-order chi connectivity index (χ0) is 24.9. The van der Waals surface area contributed by atoms with Crippen LogP contribution in [0.15, 0.2) is 76.6 Å². The highest BCUT2D eigenvalue weighted by Crippen LogP contribution is 2.36. The average molecular weight is 526 g/mol. The topological polar surface area (TPSA) is 41.9 Å². The van der Waals surface area contributed by atoms with E-state index in [1.54, 1.807) is 17.0 Å². The van der Waals surface area contributed by atoms with Gasteiger partial charge in [0.1, 0.15) is 12.4 Å². The van der Waals surface area contributed by atoms with Crippen molar-refractivity contribution in [3.8, 4) is 5.75 Å². The highest BCUT2D eigenvalue weighted by atomic mass is 35.5. The largest absolute Gasteiger partial charge is 0.488 e. The molecule has 0 saturated carbocycles. The third kappa shape index (κ3) is 6.49. The van der Waals surface area contributed by atoms with Crippen LogP contribution in [-0.2, 0) is 11.4 Å². The lowest BCUT2D eigenvalue weighted by molar-refractivity contribution is -0.122. The second-order valence-corrected chi connectivity index (χ2v) is 10.5. The van der Waals surface area contributed by atoms with Crippen molar-refractivity contribution in [1.82, 2.24) is 4.90 Å². The lowest BCUT2D eigenvalue weighted by Gasteiger charge is -2.17. The van der Waals surface area contributed by atoms with Gasteiger partial charge in [-0.05, 0) is 66.6 Å². The number of hydrogen-bond acceptors (Lipinski definition) is 4. The molecule has 1 aliphatic rings. The number of rotatable bonds is 7. The molecule has 0 aromatic heterocycles. The lowest BCUT2D eigenvalue weighted by Crippen LogP contribution is -2.32. The first-order chi connectivity index (χ1) is 16.8. The number of aliphatic imine (C=N–C) groups is 1. The molecule has 0 bridgehead atoms. The Morgan fingerprint density at radius 3 is 2.49 bits per heavy atom. The lowest BCUT2D eigenvalue weighted by atomic mass is 10.1. The maximum atomic E-state index is 13.3. The molecule has 0 N–H and O–H groups in total. The molecule has 1 aliphatic heterocycles. The van der Waals surface area contributed by atoms with Crippen molar-refractivity contribution in [1.29, 1.82) is 0 Å². The molecule has 180 valence electrons. The maximum Gasteiger partial charge on any atom is 0.266 e. The zero-order valence-corrected chi connectivity index (χ0v) is 22.1. The van der Waals surface area contributed by atoms with Crippen molar-refractivity contribution in [2.45, 2.75) is 27.4 Å². The summed E-state index contributed by atoms with van der Waals surface area (Å²) in [6.07, 6.45) is 1.88. The van der Waals surface area contributed by atoms with Crippen molar-refractivity contribution in [3.05, 3.63) is 98.4 Å². The van der Waals surface area contributed by atoms with Crippen LogP contribution in [-0.4, -0.2) is 22.5 Å². The average Bonchev–Trinajstić information content (AvgIpc) is 3.10. The first-order valence-electron chi connectivity index (χ1n) is 11.3. The second kappa shape index (κ2) is 11.3. The standard InChI is InChI=1S/C28H26Cl2N2O2S/c1-18(2)16-32-27(33)26(35-28(32)31-22-11-8-19(3)9-12-22)15-21-6-4-5-7-25(21)34-17-20-10-13-23(29)24(30)14-20/h4-15,18H,16-17H2,1-3H3/b26-15+,31-28?. The highest BCUT2D eigenvalue weighted by Gasteiger charge is 2.34. The summed E-state index contributed by atoms with van der Waals surface area (Å²) in [7, 11) is 0. The van der Waals surface area contributed by atoms with Gasteiger partial charge in [0.05, 0.1) is 20.6 Å². The number of hydrogen-bond donors (Lipinski definition) is 0. The summed E-state index contributed by atoms with van der Waals surface area (Å²) in [6, 6.07) is 21.1. The Morgan fingerprint density at radius 2 is 1.77 bits per heavy atom. The molecule has 0 unspecified atom stereocenters. The molecule has 1 saturated heterocycles. The molecule has 7 heteroatoms. The molecule has 0 spiro atoms. The summed E-state index contributed by atoms with van der Waals surface area (Å²) in [4.78, 5) is 20.5. The number of para-hydroxylation sites is 1. The molecule has 4 nitrogen and oxygen atoms in total. The first-order valence-corrected chi connectivity index (χ1v) is 12.9. The highest BCUT2D eigenvalue weighted by molar-refractivity contribution is 8.18. The zero-order valence-electron chi connectivity index (χ0n) is 19.8. The van der Waals surface area contributed by atoms with Gasteiger partial charge in [0.25, 0.3) is 5.91 Å². The van der Waals surface area contributed by atoms with Crippen LogP contribution in [0.3, 0.4) is 0 Å². The molecular weight excluding hydrogens is 499 g/mol. The summed E-state index contributed by atoms with van der Waals surface area (Å²) in [5.74, 6) is 0.941. The summed E-state index contributed by atoms with van der Waals surface area (Å²) in [5.41, 5.74) is 3.72. The molecule has 1 fully saturated rings. The predicted octanol–water partition coefficient (Wildman–Crippen LogP) is 8.14. The van der Waals surface area contributed by atoms with Crippen LogP contribution in [0.4, 0.5) is 5.69 Å². The number of carbonyl (C=O) groups excluding carboxylic acids is 1. The fourth-order valence-electron chi connectivity index (χ4n) is 3.51. The van der Waals surface area contributed by atoms with Gasteiger partial charge in [-0.2, -0.15) is 0 Å². The number of benzene rings is 3. The Hall–Kier alpha value is -2.73. The number of amides is 1. The van der Waals surface area contributed by atoms with Gasteiger partial charge in [0.15, 0.2) is 5.17 Å². The Kier molecular flexibility index (Phi) is 8.22. The molecule has 0 radical (unpaired) electrons. The number of ether oxygens (including phenoxy) is 1. The molecular formula is C28H26Cl2N2O2S. The summed E-state index contributed by atoms with van der Waals surface area (Å²) in [5, 5.41) is 1.68. The minimum absolute atomic E-state index is 0.0474. The molecule has 1 heterocycles. The fraction of sp³-hybridized carbons (Fsp3) is 0.214. The Bertz CT molecular complexity index is 1290. The van der Waals surface area contributed by atoms with E-state index < -0.39 is 0 Å². The van der Waals surface area contributed by atoms with Crippen LogP contribution in [0.5, 0.6) is 5.75 Å². The number of halogens is 2. The van der Waals surface area contributed by atoms with E-state index >= 15 is 0 Å². The molecule has 35 heavy (non-hydrogen) atoms. The van der Waals surface area contributed by atoms with Crippen molar-refractivity contribution in [3.63, 3.8) is 0 Å². The molecule has 1 amide bonds. The van der Waals surface area contributed by atoms with E-state index in [1.807, 2.05) is 67.6 Å². The third-order valence-electron chi connectivity index (χ3n) is 5.28. The van der Waals surface area contributed by atoms with Crippen molar-refractivity contribution in [2.75, 3.05) is 6.54 Å². The van der Waals surface area contributed by atoms with E-state index in [0.29, 0.717) is 44.9 Å². The van der Waals surface area contributed by atoms with Gasteiger partial charge >= 0.3 is 0 Å². The SMILES string of the molecule is Cc1ccc(N=C2S/C(=C/c3ccccc3OCc3ccc(Cl)c(Cl)c3)C(=O)N2CC(C)C)cc1. The van der Waals surface area contributed by atoms with Crippen LogP contribution in [0.25, 0.3) is 6.08 Å². The van der Waals surface area contributed by atoms with Crippen LogP contribution >= 0.6 is 35.0 Å². The van der Waals surface area contributed by atoms with Crippen molar-refractivity contribution < 1.29 is 9.53 Å². The fourth-order valence-corrected chi connectivity index (χ4v) is 4.83. The molecule has 0 aliphatic carbocycles. The normalized spacial score (nSPS) is 16.1. The van der Waals surface area contributed by atoms with E-state index in [1.165, 1.54) is 17.3 Å². The minimum atomic E-state index is -0.0474. The van der Waals surface area contributed by atoms with Gasteiger partial charge in [-0.25, -0.2) is 4.99 Å². The van der Waals surface area contributed by atoms with Gasteiger partial charge in [-0.15, -0.1) is 0 Å². The van der Waals surface area contributed by atoms with E-state index in [0.717, 1.165) is 16.8 Å². The maximum absolute atomic E-state index is 13.3. The summed E-state index contributed by atoms with van der Waals surface area (Å²) >= 11 is 13.5. The molecule has 0 atom stereocenters. The molecule has 4 rings (SSSR count). The number of aryl methyl sites for hydroxylation is 1. The Balaban J connectivity index is 1.60. The minimum Gasteiger partial charge on any atom is -0.488 e. The number of thioether (sulfide) groups is 1. The third-order valence-corrected chi connectivity index (χ3v) is 7.02. The van der Waals surface area contributed by atoms with Gasteiger partial charge in [-0.3, -0.25) is 9.69 Å². The van der Waals surface area contributed by atoms with Crippen LogP contribution in [0.2, 0.25) is 10.0 Å². The van der Waals surface area contributed by atoms with Crippen molar-refractivity contribution >= 4 is 57.8 Å². The second-order valence-electron chi connectivity index (χ2n) is 8.73. The quantitative estimate of drug-likeness (QED) is 0.293. The predicted molar refractivity (Wildman–Crippen MR) is 148 cm³/mol. The number of nitrogens with zero attached hydrogens (tertiary/aromatic N) is 2. The Labute approximate surface area is 220 Å². The first kappa shape index (κ1) is 25.4. The number of amidine groups is 1. The van der Waals surface area contributed by atoms with Gasteiger partial charge in [0, 0.05) is 12.1 Å². The van der Waals surface area contributed by atoms with E-state index in [-0.39, 0.29) is 5.91 Å². The van der Waals surface area contributed by atoms with Crippen LogP contribution < -0.4 is 4.74 Å². The van der Waals surface area contributed by atoms with Crippen molar-refractivity contribution in [2.24, 2.45) is 10.9 Å². The summed E-state index contributed by atoms with van der Waals surface area (Å²) < 4.78 is 6.08. The van der Waals surface area contributed by atoms with Gasteiger partial charge in [0.2, 0.25) is 0 Å². The molecule has 3 aromatic rings. The van der Waals surface area contributed by atoms with Crippen LogP contribution in [0, 0.1) is 12.8 Å².